The first kappa shape index (κ1) is 29.9. The predicted octanol–water partition coefficient (Wildman–Crippen LogP) is -2.49. The standard InChI is InChI=1S/C16H38N12O5/c1-9(5-3-7-25(21)13(17)29)11(27(23)15(19)31)33-12(28(24)16(20)32)10(2)6-4-8-26(22)14(18)30/h9-12H,3-8,21-24H2,1-2H3,(H2,17,29)(H2,18,30)(H2,19,31)(H2,20,32). The van der Waals surface area contributed by atoms with Gasteiger partial charge >= 0.3 is 24.1 Å². The Morgan fingerprint density at radius 3 is 1.18 bits per heavy atom. The van der Waals surface area contributed by atoms with Crippen molar-refractivity contribution in [1.82, 2.24) is 20.0 Å². The molecule has 17 nitrogen and oxygen atoms in total. The maximum atomic E-state index is 11.7. The highest BCUT2D eigenvalue weighted by Gasteiger charge is 2.34. The summed E-state index contributed by atoms with van der Waals surface area (Å²) >= 11 is 0. The van der Waals surface area contributed by atoms with Gasteiger partial charge < -0.3 is 27.7 Å². The van der Waals surface area contributed by atoms with Crippen molar-refractivity contribution in [3.8, 4) is 0 Å². The SMILES string of the molecule is CC(CCCN(N)C(N)=O)C(OC(C(C)CCCN(N)C(N)=O)N(N)C(N)=O)N(N)C(N)=O. The Morgan fingerprint density at radius 2 is 0.939 bits per heavy atom. The molecule has 0 aliphatic carbocycles. The maximum Gasteiger partial charge on any atom is 0.331 e. The summed E-state index contributed by atoms with van der Waals surface area (Å²) in [6.45, 7) is 3.72. The van der Waals surface area contributed by atoms with Gasteiger partial charge in [-0.15, -0.1) is 0 Å². The van der Waals surface area contributed by atoms with E-state index in [0.717, 1.165) is 10.0 Å². The van der Waals surface area contributed by atoms with E-state index < -0.39 is 48.4 Å². The van der Waals surface area contributed by atoms with Crippen LogP contribution in [0.5, 0.6) is 0 Å². The fourth-order valence-electron chi connectivity index (χ4n) is 3.01. The Labute approximate surface area is 192 Å². The van der Waals surface area contributed by atoms with E-state index in [4.69, 9.17) is 51.0 Å². The van der Waals surface area contributed by atoms with Crippen molar-refractivity contribution < 1.29 is 23.9 Å². The van der Waals surface area contributed by atoms with E-state index in [1.54, 1.807) is 13.8 Å². The summed E-state index contributed by atoms with van der Waals surface area (Å²) in [5, 5.41) is 3.01. The summed E-state index contributed by atoms with van der Waals surface area (Å²) < 4.78 is 5.96. The third-order valence-corrected chi connectivity index (χ3v) is 4.99. The molecule has 0 aliphatic rings. The van der Waals surface area contributed by atoms with Crippen molar-refractivity contribution in [2.75, 3.05) is 13.1 Å². The molecule has 0 aromatic carbocycles. The number of primary amides is 4. The van der Waals surface area contributed by atoms with Crippen molar-refractivity contribution in [3.63, 3.8) is 0 Å². The van der Waals surface area contributed by atoms with Crippen LogP contribution in [0.4, 0.5) is 19.2 Å². The molecule has 0 aromatic heterocycles. The molecule has 0 bridgehead atoms. The maximum absolute atomic E-state index is 11.7. The molecule has 192 valence electrons. The molecule has 0 aromatic rings. The van der Waals surface area contributed by atoms with Crippen LogP contribution in [0.25, 0.3) is 0 Å². The van der Waals surface area contributed by atoms with Gasteiger partial charge in [-0.25, -0.2) is 52.6 Å². The van der Waals surface area contributed by atoms with Crippen LogP contribution in [0.2, 0.25) is 0 Å². The van der Waals surface area contributed by atoms with E-state index in [9.17, 15) is 19.2 Å². The summed E-state index contributed by atoms with van der Waals surface area (Å²) in [6, 6.07) is -3.57. The number of carbonyl (C=O) groups excluding carboxylic acids is 4. The van der Waals surface area contributed by atoms with Crippen LogP contribution in [0.3, 0.4) is 0 Å². The van der Waals surface area contributed by atoms with Crippen LogP contribution < -0.4 is 46.3 Å². The summed E-state index contributed by atoms with van der Waals surface area (Å²) in [6.07, 6.45) is -0.664. The van der Waals surface area contributed by atoms with Crippen molar-refractivity contribution >= 4 is 24.1 Å². The molecular formula is C16H38N12O5. The van der Waals surface area contributed by atoms with E-state index in [1.165, 1.54) is 0 Å². The summed E-state index contributed by atoms with van der Waals surface area (Å²) in [7, 11) is 0. The van der Waals surface area contributed by atoms with Gasteiger partial charge in [0.1, 0.15) is 0 Å². The van der Waals surface area contributed by atoms with Gasteiger partial charge in [0.05, 0.1) is 0 Å². The number of nitrogens with zero attached hydrogens (tertiary/aromatic N) is 4. The fraction of sp³-hybridized carbons (Fsp3) is 0.750. The molecule has 16 N–H and O–H groups in total. The number of urea groups is 4. The minimum Gasteiger partial charge on any atom is -0.350 e. The number of amides is 8. The number of hydrogen-bond donors (Lipinski definition) is 8. The molecule has 0 spiro atoms. The molecule has 0 saturated carbocycles. The molecule has 0 heterocycles. The average molecular weight is 479 g/mol. The Morgan fingerprint density at radius 1 is 0.636 bits per heavy atom. The Hall–Kier alpha value is -3.12. The second-order valence-corrected chi connectivity index (χ2v) is 7.71. The third-order valence-electron chi connectivity index (χ3n) is 4.99. The largest absolute Gasteiger partial charge is 0.350 e. The van der Waals surface area contributed by atoms with E-state index in [0.29, 0.717) is 35.7 Å². The van der Waals surface area contributed by atoms with Gasteiger partial charge in [0.15, 0.2) is 12.5 Å². The van der Waals surface area contributed by atoms with Crippen LogP contribution in [0.1, 0.15) is 39.5 Å². The number of rotatable bonds is 14. The van der Waals surface area contributed by atoms with Gasteiger partial charge in [-0.3, -0.25) is 10.0 Å². The number of carbonyl (C=O) groups is 4. The zero-order valence-corrected chi connectivity index (χ0v) is 19.0. The summed E-state index contributed by atoms with van der Waals surface area (Å²) in [5.41, 5.74) is 20.8. The van der Waals surface area contributed by atoms with E-state index in [2.05, 4.69) is 0 Å². The second kappa shape index (κ2) is 14.1. The normalized spacial score (nSPS) is 14.5. The highest BCUT2D eigenvalue weighted by molar-refractivity contribution is 5.72. The molecule has 0 fully saturated rings. The monoisotopic (exact) mass is 478 g/mol. The van der Waals surface area contributed by atoms with Crippen LogP contribution in [0, 0.1) is 11.8 Å². The van der Waals surface area contributed by atoms with E-state index >= 15 is 0 Å². The van der Waals surface area contributed by atoms with Gasteiger partial charge in [-0.2, -0.15) is 0 Å². The molecule has 4 unspecified atom stereocenters. The predicted molar refractivity (Wildman–Crippen MR) is 118 cm³/mol. The molecule has 0 rings (SSSR count). The molecule has 17 heteroatoms. The highest BCUT2D eigenvalue weighted by atomic mass is 16.5. The zero-order valence-electron chi connectivity index (χ0n) is 19.0. The lowest BCUT2D eigenvalue weighted by Gasteiger charge is -2.38. The Bertz CT molecular complexity index is 614. The van der Waals surface area contributed by atoms with Crippen molar-refractivity contribution in [1.29, 1.82) is 0 Å². The quantitative estimate of drug-likeness (QED) is 0.0565. The van der Waals surface area contributed by atoms with Crippen LogP contribution in [-0.2, 0) is 4.74 Å². The van der Waals surface area contributed by atoms with Gasteiger partial charge in [0.25, 0.3) is 0 Å². The number of nitrogens with two attached hydrogens (primary N) is 8. The fourth-order valence-corrected chi connectivity index (χ4v) is 3.01. The van der Waals surface area contributed by atoms with Gasteiger partial charge in [-0.05, 0) is 25.7 Å². The van der Waals surface area contributed by atoms with Gasteiger partial charge in [-0.1, -0.05) is 13.8 Å². The van der Waals surface area contributed by atoms with Crippen LogP contribution in [0.15, 0.2) is 0 Å². The minimum atomic E-state index is -1.11. The molecule has 0 saturated heterocycles. The lowest BCUT2D eigenvalue weighted by molar-refractivity contribution is -0.169. The van der Waals surface area contributed by atoms with Crippen LogP contribution in [-0.4, -0.2) is 69.7 Å². The Balaban J connectivity index is 5.45. The van der Waals surface area contributed by atoms with Gasteiger partial charge in [0.2, 0.25) is 0 Å². The van der Waals surface area contributed by atoms with Gasteiger partial charge in [0, 0.05) is 24.9 Å². The van der Waals surface area contributed by atoms with E-state index in [1.807, 2.05) is 0 Å². The summed E-state index contributed by atoms with van der Waals surface area (Å²) in [4.78, 5) is 45.6. The smallest absolute Gasteiger partial charge is 0.331 e. The van der Waals surface area contributed by atoms with Crippen LogP contribution >= 0.6 is 0 Å². The van der Waals surface area contributed by atoms with Crippen molar-refractivity contribution in [2.24, 2.45) is 58.1 Å². The van der Waals surface area contributed by atoms with Crippen molar-refractivity contribution in [2.45, 2.75) is 52.0 Å². The lowest BCUT2D eigenvalue weighted by atomic mass is 10.0. The average Bonchev–Trinajstić information content (AvgIpc) is 2.72. The molecule has 33 heavy (non-hydrogen) atoms. The highest BCUT2D eigenvalue weighted by Crippen LogP contribution is 2.24. The molecule has 0 aliphatic heterocycles. The number of ether oxygens (including phenoxy) is 1. The molecule has 4 atom stereocenters. The lowest BCUT2D eigenvalue weighted by Crippen LogP contribution is -2.59. The molecular weight excluding hydrogens is 440 g/mol. The third kappa shape index (κ3) is 10.4. The number of hydrazine groups is 4. The Kier molecular flexibility index (Phi) is 12.8. The first-order valence-corrected chi connectivity index (χ1v) is 10.2. The minimum absolute atomic E-state index is 0.146. The molecule has 8 amide bonds. The van der Waals surface area contributed by atoms with E-state index in [-0.39, 0.29) is 13.1 Å². The number of hydrogen-bond acceptors (Lipinski definition) is 9. The summed E-state index contributed by atoms with van der Waals surface area (Å²) in [5.74, 6) is 21.7. The van der Waals surface area contributed by atoms with Crippen molar-refractivity contribution in [3.05, 3.63) is 0 Å². The molecule has 0 radical (unpaired) electrons. The first-order chi connectivity index (χ1) is 15.2. The zero-order chi connectivity index (χ0) is 25.9. The topological polar surface area (TPSA) is 299 Å². The first-order valence-electron chi connectivity index (χ1n) is 10.2. The second-order valence-electron chi connectivity index (χ2n) is 7.71.